The van der Waals surface area contributed by atoms with Gasteiger partial charge in [-0.3, -0.25) is 0 Å². The number of hydrogen-bond donors (Lipinski definition) is 3. The van der Waals surface area contributed by atoms with Crippen LogP contribution in [-0.4, -0.2) is 37.2 Å². The van der Waals surface area contributed by atoms with Gasteiger partial charge >= 0.3 is 0 Å². The summed E-state index contributed by atoms with van der Waals surface area (Å²) in [6, 6.07) is 27.3. The van der Waals surface area contributed by atoms with E-state index in [-0.39, 0.29) is 0 Å². The van der Waals surface area contributed by atoms with E-state index in [0.717, 1.165) is 33.6 Å². The first-order chi connectivity index (χ1) is 23.1. The molecule has 0 aliphatic carbocycles. The topological polar surface area (TPSA) is 104 Å². The van der Waals surface area contributed by atoms with Gasteiger partial charge in [0, 0.05) is 11.7 Å². The molecule has 8 rings (SSSR count). The highest BCUT2D eigenvalue weighted by atomic mass is 16.7. The third-order valence-corrected chi connectivity index (χ3v) is 8.43. The number of rotatable bonds is 4. The van der Waals surface area contributed by atoms with Gasteiger partial charge in [-0.05, 0) is 106 Å². The molecule has 0 fully saturated rings. The molecule has 0 saturated carbocycles. The molecule has 3 aromatic heterocycles. The van der Waals surface area contributed by atoms with Crippen LogP contribution in [0.15, 0.2) is 91.4 Å². The predicted molar refractivity (Wildman–Crippen MR) is 197 cm³/mol. The van der Waals surface area contributed by atoms with E-state index in [1.807, 2.05) is 24.4 Å². The van der Waals surface area contributed by atoms with E-state index in [0.29, 0.717) is 30.5 Å². The van der Waals surface area contributed by atoms with Crippen LogP contribution in [-0.2, 0) is 0 Å². The molecule has 0 unspecified atom stereocenters. The van der Waals surface area contributed by atoms with Crippen molar-refractivity contribution in [1.29, 1.82) is 0 Å². The number of nitrogens with zero attached hydrogens (tertiary/aromatic N) is 3. The summed E-state index contributed by atoms with van der Waals surface area (Å²) in [7, 11) is 0. The zero-order valence-electron chi connectivity index (χ0n) is 29.3. The van der Waals surface area contributed by atoms with Crippen molar-refractivity contribution in [2.45, 2.75) is 79.1 Å². The molecule has 48 heavy (non-hydrogen) atoms. The van der Waals surface area contributed by atoms with Crippen LogP contribution in [0.4, 0.5) is 0 Å². The average Bonchev–Trinajstić information content (AvgIpc) is 3.91. The van der Waals surface area contributed by atoms with Crippen molar-refractivity contribution in [3.8, 4) is 11.5 Å². The number of hydrogen-bond acceptors (Lipinski definition) is 5. The Kier molecular flexibility index (Phi) is 11.2. The van der Waals surface area contributed by atoms with Gasteiger partial charge in [-0.1, -0.05) is 79.7 Å². The molecule has 4 aromatic carbocycles. The number of benzene rings is 4. The highest BCUT2D eigenvalue weighted by molar-refractivity contribution is 5.80. The van der Waals surface area contributed by atoms with E-state index in [4.69, 9.17) is 9.47 Å². The average molecular weight is 645 g/mol. The van der Waals surface area contributed by atoms with Gasteiger partial charge in [0.1, 0.15) is 11.0 Å². The van der Waals surface area contributed by atoms with E-state index >= 15 is 0 Å². The zero-order valence-corrected chi connectivity index (χ0v) is 29.3. The molecule has 0 atom stereocenters. The second kappa shape index (κ2) is 15.7. The summed E-state index contributed by atoms with van der Waals surface area (Å²) in [4.78, 5) is 10.5. The molecular weight excluding hydrogens is 596 g/mol. The zero-order chi connectivity index (χ0) is 34.2. The maximum Gasteiger partial charge on any atom is 0.231 e. The van der Waals surface area contributed by atoms with Crippen LogP contribution < -0.4 is 9.47 Å². The lowest BCUT2D eigenvalue weighted by Gasteiger charge is -2.05. The fourth-order valence-electron chi connectivity index (χ4n) is 5.23. The minimum atomic E-state index is 0.358. The van der Waals surface area contributed by atoms with E-state index in [9.17, 15) is 0 Å². The standard InChI is InChI=1S/C11H13N.C10H12N2.C10H12O2.C9H11N3/c1-8(2)9-3-4-11-10(7-9)5-6-12-11;2*1-7(2)8-3-4-9-10(5-8)12-6-11-9;1-6(2)7-3-4-8-9(5-7)11-12-10-8/h3-8,12H,1-2H3;3-7H,1-2H3,(H,11,12);3-5,7H,6H2,1-2H3;3-6H,1-2H3,(H,10,11,12). The largest absolute Gasteiger partial charge is 0.454 e. The third kappa shape index (κ3) is 8.62. The summed E-state index contributed by atoms with van der Waals surface area (Å²) in [5.74, 6) is 4.02. The summed E-state index contributed by atoms with van der Waals surface area (Å²) >= 11 is 0. The van der Waals surface area contributed by atoms with Crippen LogP contribution in [0.2, 0.25) is 0 Å². The normalized spacial score (nSPS) is 11.9. The molecule has 1 aliphatic heterocycles. The van der Waals surface area contributed by atoms with Gasteiger partial charge in [-0.2, -0.15) is 15.4 Å². The van der Waals surface area contributed by atoms with Gasteiger partial charge in [0.05, 0.1) is 17.4 Å². The van der Waals surface area contributed by atoms with Crippen molar-refractivity contribution in [3.63, 3.8) is 0 Å². The molecule has 0 spiro atoms. The monoisotopic (exact) mass is 644 g/mol. The Bertz CT molecular complexity index is 1860. The van der Waals surface area contributed by atoms with Gasteiger partial charge in [0.2, 0.25) is 6.79 Å². The first-order valence-electron chi connectivity index (χ1n) is 16.8. The molecule has 0 saturated heterocycles. The number of H-pyrrole nitrogens is 3. The molecule has 7 aromatic rings. The van der Waals surface area contributed by atoms with E-state index in [1.54, 1.807) is 6.33 Å². The van der Waals surface area contributed by atoms with Crippen LogP contribution in [0.5, 0.6) is 11.5 Å². The summed E-state index contributed by atoms with van der Waals surface area (Å²) in [6.45, 7) is 17.8. The molecule has 0 amide bonds. The Morgan fingerprint density at radius 3 is 1.83 bits per heavy atom. The van der Waals surface area contributed by atoms with Crippen molar-refractivity contribution < 1.29 is 9.47 Å². The molecule has 0 radical (unpaired) electrons. The molecule has 250 valence electrons. The quantitative estimate of drug-likeness (QED) is 0.177. The highest BCUT2D eigenvalue weighted by Crippen LogP contribution is 2.34. The number of nitrogens with one attached hydrogen (secondary N) is 3. The summed E-state index contributed by atoms with van der Waals surface area (Å²) in [6.07, 6.45) is 3.71. The maximum atomic E-state index is 5.27. The number of imidazole rings is 1. The number of fused-ring (bicyclic) bond motifs is 4. The lowest BCUT2D eigenvalue weighted by molar-refractivity contribution is 0.174. The van der Waals surface area contributed by atoms with Crippen LogP contribution in [0, 0.1) is 0 Å². The lowest BCUT2D eigenvalue weighted by atomic mass is 10.0. The van der Waals surface area contributed by atoms with E-state index < -0.39 is 0 Å². The second-order valence-corrected chi connectivity index (χ2v) is 13.3. The maximum absolute atomic E-state index is 5.27. The van der Waals surface area contributed by atoms with E-state index in [1.165, 1.54) is 33.2 Å². The Hall–Kier alpha value is -5.11. The minimum absolute atomic E-state index is 0.358. The summed E-state index contributed by atoms with van der Waals surface area (Å²) in [5, 5.41) is 11.9. The van der Waals surface area contributed by atoms with E-state index in [2.05, 4.69) is 146 Å². The number of aromatic amines is 3. The minimum Gasteiger partial charge on any atom is -0.454 e. The Morgan fingerprint density at radius 2 is 1.10 bits per heavy atom. The first kappa shape index (κ1) is 34.2. The third-order valence-electron chi connectivity index (χ3n) is 8.43. The smallest absolute Gasteiger partial charge is 0.231 e. The Labute approximate surface area is 283 Å². The molecule has 8 heteroatoms. The van der Waals surface area contributed by atoms with Gasteiger partial charge in [-0.15, -0.1) is 0 Å². The fraction of sp³-hybridized carbons (Fsp3) is 0.325. The second-order valence-electron chi connectivity index (χ2n) is 13.3. The van der Waals surface area contributed by atoms with Crippen LogP contribution >= 0.6 is 0 Å². The van der Waals surface area contributed by atoms with Crippen LogP contribution in [0.1, 0.15) is 101 Å². The van der Waals surface area contributed by atoms with Gasteiger partial charge in [0.15, 0.2) is 11.5 Å². The molecule has 3 N–H and O–H groups in total. The van der Waals surface area contributed by atoms with Crippen molar-refractivity contribution in [3.05, 3.63) is 114 Å². The fourth-order valence-corrected chi connectivity index (χ4v) is 5.23. The SMILES string of the molecule is CC(C)c1ccc2[nH]ccc2c1.CC(C)c1ccc2c(c1)OCO2.CC(C)c1ccc2n[nH]nc2c1.CC(C)c1ccc2nc[nH]c2c1. The molecule has 1 aliphatic rings. The number of ether oxygens (including phenoxy) is 2. The van der Waals surface area contributed by atoms with Crippen molar-refractivity contribution >= 4 is 33.0 Å². The van der Waals surface area contributed by atoms with Gasteiger partial charge < -0.3 is 19.4 Å². The van der Waals surface area contributed by atoms with Crippen molar-refractivity contribution in [1.82, 2.24) is 30.4 Å². The number of aromatic nitrogens is 6. The molecule has 8 nitrogen and oxygen atoms in total. The molecule has 4 heterocycles. The van der Waals surface area contributed by atoms with Crippen LogP contribution in [0.25, 0.3) is 33.0 Å². The lowest BCUT2D eigenvalue weighted by Crippen LogP contribution is -1.93. The first-order valence-corrected chi connectivity index (χ1v) is 16.8. The van der Waals surface area contributed by atoms with Crippen molar-refractivity contribution in [2.75, 3.05) is 6.79 Å². The highest BCUT2D eigenvalue weighted by Gasteiger charge is 2.13. The molecule has 0 bridgehead atoms. The Balaban J connectivity index is 0.000000125. The van der Waals surface area contributed by atoms with Crippen LogP contribution in [0.3, 0.4) is 0 Å². The van der Waals surface area contributed by atoms with Crippen molar-refractivity contribution in [2.24, 2.45) is 0 Å². The predicted octanol–water partition coefficient (Wildman–Crippen LogP) is 10.6. The Morgan fingerprint density at radius 1 is 0.521 bits per heavy atom. The van der Waals surface area contributed by atoms with Gasteiger partial charge in [-0.25, -0.2) is 4.98 Å². The van der Waals surface area contributed by atoms with Gasteiger partial charge in [0.25, 0.3) is 0 Å². The molecular formula is C40H48N6O2. The summed E-state index contributed by atoms with van der Waals surface area (Å²) < 4.78 is 10.5. The summed E-state index contributed by atoms with van der Waals surface area (Å²) in [5.41, 5.74) is 10.6.